The van der Waals surface area contributed by atoms with Crippen LogP contribution in [0.25, 0.3) is 0 Å². The van der Waals surface area contributed by atoms with E-state index < -0.39 is 5.97 Å². The van der Waals surface area contributed by atoms with Crippen LogP contribution < -0.4 is 0 Å². The van der Waals surface area contributed by atoms with Gasteiger partial charge in [0.05, 0.1) is 19.0 Å². The van der Waals surface area contributed by atoms with E-state index in [1.54, 1.807) is 6.92 Å². The first-order valence-electron chi connectivity index (χ1n) is 3.92. The second-order valence-electron chi connectivity index (χ2n) is 2.24. The Morgan fingerprint density at radius 2 is 2.21 bits per heavy atom. The lowest BCUT2D eigenvalue weighted by molar-refractivity contribution is -0.136. The van der Waals surface area contributed by atoms with Crippen molar-refractivity contribution in [1.29, 1.82) is 0 Å². The summed E-state index contributed by atoms with van der Waals surface area (Å²) >= 11 is 0. The molecule has 5 heteroatoms. The van der Waals surface area contributed by atoms with Gasteiger partial charge >= 0.3 is 5.97 Å². The Hall–Kier alpha value is -2.09. The molecular weight excluding hydrogens is 184 g/mol. The smallest absolute Gasteiger partial charge is 0.384 e. The monoisotopic (exact) mass is 192 g/mol. The van der Waals surface area contributed by atoms with Crippen LogP contribution in [0, 0.1) is 11.8 Å². The summed E-state index contributed by atoms with van der Waals surface area (Å²) in [6.07, 6.45) is 2.39. The Bertz CT molecular complexity index is 375. The number of aromatic nitrogens is 2. The quantitative estimate of drug-likeness (QED) is 0.504. The third-order valence-electron chi connectivity index (χ3n) is 1.19. The molecule has 0 spiro atoms. The van der Waals surface area contributed by atoms with Gasteiger partial charge in [-0.2, -0.15) is 0 Å². The number of esters is 1. The molecule has 0 aliphatic rings. The molecule has 0 aliphatic heterocycles. The summed E-state index contributed by atoms with van der Waals surface area (Å²) in [5, 5.41) is 8.85. The number of aromatic hydroxyl groups is 1. The molecule has 0 unspecified atom stereocenters. The highest BCUT2D eigenvalue weighted by Crippen LogP contribution is 2.00. The van der Waals surface area contributed by atoms with Crippen molar-refractivity contribution in [1.82, 2.24) is 9.97 Å². The van der Waals surface area contributed by atoms with Crippen molar-refractivity contribution in [3.63, 3.8) is 0 Å². The molecule has 1 rings (SSSR count). The van der Waals surface area contributed by atoms with Crippen molar-refractivity contribution in [2.45, 2.75) is 6.92 Å². The number of carbonyl (C=O) groups is 1. The molecule has 5 nitrogen and oxygen atoms in total. The van der Waals surface area contributed by atoms with Crippen LogP contribution in [0.1, 0.15) is 12.7 Å². The zero-order valence-electron chi connectivity index (χ0n) is 7.52. The summed E-state index contributed by atoms with van der Waals surface area (Å²) < 4.78 is 4.57. The largest absolute Gasteiger partial charge is 0.505 e. The fraction of sp³-hybridized carbons (Fsp3) is 0.222. The molecule has 0 aromatic carbocycles. The molecule has 1 aromatic heterocycles. The third kappa shape index (κ3) is 3.11. The van der Waals surface area contributed by atoms with Gasteiger partial charge in [0.2, 0.25) is 5.82 Å². The maximum absolute atomic E-state index is 10.8. The third-order valence-corrected chi connectivity index (χ3v) is 1.19. The highest BCUT2D eigenvalue weighted by molar-refractivity contribution is 5.88. The van der Waals surface area contributed by atoms with E-state index in [4.69, 9.17) is 5.11 Å². The highest BCUT2D eigenvalue weighted by atomic mass is 16.5. The maximum atomic E-state index is 10.8. The lowest BCUT2D eigenvalue weighted by Crippen LogP contribution is -2.00. The van der Waals surface area contributed by atoms with E-state index in [0.29, 0.717) is 0 Å². The van der Waals surface area contributed by atoms with Crippen molar-refractivity contribution in [2.24, 2.45) is 0 Å². The van der Waals surface area contributed by atoms with Crippen molar-refractivity contribution in [3.8, 4) is 17.6 Å². The number of hydrogen-bond donors (Lipinski definition) is 1. The van der Waals surface area contributed by atoms with Gasteiger partial charge in [-0.05, 0) is 12.8 Å². The van der Waals surface area contributed by atoms with Crippen LogP contribution >= 0.6 is 0 Å². The molecular formula is C9H8N2O3. The van der Waals surface area contributed by atoms with Crippen LogP contribution in [-0.4, -0.2) is 27.7 Å². The molecule has 0 atom stereocenters. The number of rotatable bonds is 1. The van der Waals surface area contributed by atoms with Crippen molar-refractivity contribution in [3.05, 3.63) is 18.2 Å². The van der Waals surface area contributed by atoms with Crippen LogP contribution in [-0.2, 0) is 9.53 Å². The Morgan fingerprint density at radius 3 is 2.79 bits per heavy atom. The normalized spacial score (nSPS) is 8.64. The second kappa shape index (κ2) is 4.82. The highest BCUT2D eigenvalue weighted by Gasteiger charge is 1.94. The molecule has 1 heterocycles. The summed E-state index contributed by atoms with van der Waals surface area (Å²) in [6.45, 7) is 1.97. The van der Waals surface area contributed by atoms with E-state index in [2.05, 4.69) is 26.5 Å². The van der Waals surface area contributed by atoms with Gasteiger partial charge in [0.25, 0.3) is 0 Å². The summed E-state index contributed by atoms with van der Waals surface area (Å²) in [5.74, 6) is 4.09. The van der Waals surface area contributed by atoms with Crippen LogP contribution in [0.5, 0.6) is 5.75 Å². The van der Waals surface area contributed by atoms with Gasteiger partial charge < -0.3 is 9.84 Å². The molecule has 0 fully saturated rings. The molecule has 72 valence electrons. The Balaban J connectivity index is 2.68. The fourth-order valence-corrected chi connectivity index (χ4v) is 0.660. The number of nitrogens with zero attached hydrogens (tertiary/aromatic N) is 2. The molecule has 1 N–H and O–H groups in total. The van der Waals surface area contributed by atoms with Crippen molar-refractivity contribution < 1.29 is 14.6 Å². The molecule has 0 saturated carbocycles. The Morgan fingerprint density at radius 1 is 1.57 bits per heavy atom. The van der Waals surface area contributed by atoms with Gasteiger partial charge in [-0.15, -0.1) is 0 Å². The maximum Gasteiger partial charge on any atom is 0.384 e. The minimum atomic E-state index is -0.621. The first-order chi connectivity index (χ1) is 6.72. The van der Waals surface area contributed by atoms with Gasteiger partial charge in [0, 0.05) is 5.92 Å². The lowest BCUT2D eigenvalue weighted by Gasteiger charge is -1.91. The molecule has 0 bridgehead atoms. The molecule has 0 radical (unpaired) electrons. The zero-order chi connectivity index (χ0) is 10.4. The van der Waals surface area contributed by atoms with E-state index in [-0.39, 0.29) is 18.2 Å². The summed E-state index contributed by atoms with van der Waals surface area (Å²) in [7, 11) is 0. The van der Waals surface area contributed by atoms with E-state index in [1.807, 2.05) is 0 Å². The van der Waals surface area contributed by atoms with E-state index in [0.717, 1.165) is 0 Å². The van der Waals surface area contributed by atoms with Crippen molar-refractivity contribution in [2.75, 3.05) is 6.61 Å². The summed E-state index contributed by atoms with van der Waals surface area (Å²) in [5.41, 5.74) is 0. The first kappa shape index (κ1) is 9.99. The topological polar surface area (TPSA) is 72.3 Å². The van der Waals surface area contributed by atoms with Crippen LogP contribution in [0.15, 0.2) is 12.4 Å². The fourth-order valence-electron chi connectivity index (χ4n) is 0.660. The van der Waals surface area contributed by atoms with E-state index in [9.17, 15) is 4.79 Å². The Labute approximate surface area is 80.8 Å². The molecule has 0 saturated heterocycles. The van der Waals surface area contributed by atoms with Gasteiger partial charge in [-0.3, -0.25) is 0 Å². The van der Waals surface area contributed by atoms with E-state index in [1.165, 1.54) is 12.4 Å². The predicted molar refractivity (Wildman–Crippen MR) is 47.2 cm³/mol. The second-order valence-corrected chi connectivity index (χ2v) is 2.24. The summed E-state index contributed by atoms with van der Waals surface area (Å²) in [6, 6.07) is 0. The van der Waals surface area contributed by atoms with Crippen molar-refractivity contribution >= 4 is 5.97 Å². The number of hydrogen-bond acceptors (Lipinski definition) is 5. The van der Waals surface area contributed by atoms with Crippen LogP contribution in [0.3, 0.4) is 0 Å². The van der Waals surface area contributed by atoms with Gasteiger partial charge in [-0.1, -0.05) is 0 Å². The predicted octanol–water partition coefficient (Wildman–Crippen LogP) is 0.0968. The standard InChI is InChI=1S/C9H8N2O3/c1-2-14-9(13)4-3-8-10-5-7(12)6-11-8/h5-6,12H,2H2,1H3. The molecule has 0 aliphatic carbocycles. The zero-order valence-corrected chi connectivity index (χ0v) is 7.52. The van der Waals surface area contributed by atoms with Crippen LogP contribution in [0.2, 0.25) is 0 Å². The summed E-state index contributed by atoms with van der Waals surface area (Å²) in [4.78, 5) is 18.1. The molecule has 14 heavy (non-hydrogen) atoms. The average molecular weight is 192 g/mol. The molecule has 0 amide bonds. The minimum Gasteiger partial charge on any atom is -0.505 e. The SMILES string of the molecule is CCOC(=O)C#Cc1ncc(O)cn1. The van der Waals surface area contributed by atoms with Gasteiger partial charge in [-0.25, -0.2) is 14.8 Å². The minimum absolute atomic E-state index is 0.0494. The molecule has 1 aromatic rings. The number of carbonyl (C=O) groups excluding carboxylic acids is 1. The first-order valence-corrected chi connectivity index (χ1v) is 3.92. The lowest BCUT2D eigenvalue weighted by atomic mass is 10.5. The van der Waals surface area contributed by atoms with Crippen LogP contribution in [0.4, 0.5) is 0 Å². The van der Waals surface area contributed by atoms with Gasteiger partial charge in [0.1, 0.15) is 0 Å². The van der Waals surface area contributed by atoms with E-state index >= 15 is 0 Å². The average Bonchev–Trinajstić information content (AvgIpc) is 2.17. The van der Waals surface area contributed by atoms with Gasteiger partial charge in [0.15, 0.2) is 5.75 Å². The number of ether oxygens (including phenoxy) is 1. The Kier molecular flexibility index (Phi) is 3.44.